The molecule has 0 saturated carbocycles. The van der Waals surface area contributed by atoms with E-state index in [0.717, 1.165) is 9.13 Å². The van der Waals surface area contributed by atoms with Crippen molar-refractivity contribution in [2.45, 2.75) is 6.92 Å². The van der Waals surface area contributed by atoms with Crippen molar-refractivity contribution in [3.05, 3.63) is 55.1 Å². The molecule has 0 heterocycles. The smallest absolute Gasteiger partial charge is 0.277 e. The van der Waals surface area contributed by atoms with Crippen molar-refractivity contribution < 1.29 is 18.4 Å². The summed E-state index contributed by atoms with van der Waals surface area (Å²) in [6.07, 6.45) is 0. The first kappa shape index (κ1) is 18.1. The van der Waals surface area contributed by atoms with Crippen LogP contribution >= 0.6 is 38.5 Å². The fourth-order valence-electron chi connectivity index (χ4n) is 1.95. The first-order valence-corrected chi connectivity index (χ1v) is 8.26. The normalized spacial score (nSPS) is 10.5. The van der Waals surface area contributed by atoms with Crippen molar-refractivity contribution in [2.24, 2.45) is 0 Å². The lowest BCUT2D eigenvalue weighted by molar-refractivity contribution is 0.0538. The van der Waals surface area contributed by atoms with E-state index in [2.05, 4.69) is 54.2 Å². The number of aryl methyl sites for hydroxylation is 1. The Labute approximate surface area is 153 Å². The van der Waals surface area contributed by atoms with Gasteiger partial charge in [-0.25, -0.2) is 14.3 Å². The van der Waals surface area contributed by atoms with Gasteiger partial charge in [0.05, 0.1) is 22.8 Å². The molecule has 1 amide bonds. The first-order valence-electron chi connectivity index (χ1n) is 6.39. The van der Waals surface area contributed by atoms with E-state index in [4.69, 9.17) is 0 Å². The van der Waals surface area contributed by atoms with Crippen LogP contribution in [-0.4, -0.2) is 13.0 Å². The summed E-state index contributed by atoms with van der Waals surface area (Å²) in [5, 5.41) is 2.79. The second-order valence-electron chi connectivity index (χ2n) is 4.63. The van der Waals surface area contributed by atoms with Gasteiger partial charge in [-0.05, 0) is 75.3 Å². The van der Waals surface area contributed by atoms with Gasteiger partial charge in [0.1, 0.15) is 0 Å². The minimum absolute atomic E-state index is 0.0874. The zero-order chi connectivity index (χ0) is 17.1. The molecule has 0 aromatic heterocycles. The summed E-state index contributed by atoms with van der Waals surface area (Å²) in [7, 11) is 1.25. The molecule has 2 N–H and O–H groups in total. The summed E-state index contributed by atoms with van der Waals surface area (Å²) in [4.78, 5) is 16.6. The lowest BCUT2D eigenvalue weighted by atomic mass is 10.1. The van der Waals surface area contributed by atoms with Crippen LogP contribution in [-0.2, 0) is 4.84 Å². The maximum absolute atomic E-state index is 14.3. The van der Waals surface area contributed by atoms with Gasteiger partial charge in [-0.1, -0.05) is 0 Å². The predicted molar refractivity (Wildman–Crippen MR) is 95.7 cm³/mol. The van der Waals surface area contributed by atoms with Crippen LogP contribution in [0.25, 0.3) is 0 Å². The van der Waals surface area contributed by atoms with Crippen LogP contribution in [0.4, 0.5) is 20.2 Å². The SMILES string of the molecule is CONC(=O)c1cc(Br)c(F)c(F)c1Nc1ccc(I)cc1C. The Kier molecular flexibility index (Phi) is 5.93. The average molecular weight is 497 g/mol. The van der Waals surface area contributed by atoms with E-state index in [9.17, 15) is 13.6 Å². The second kappa shape index (κ2) is 7.54. The van der Waals surface area contributed by atoms with Gasteiger partial charge in [0.2, 0.25) is 0 Å². The highest BCUT2D eigenvalue weighted by atomic mass is 127. The molecule has 122 valence electrons. The zero-order valence-corrected chi connectivity index (χ0v) is 15.9. The van der Waals surface area contributed by atoms with Crippen molar-refractivity contribution in [2.75, 3.05) is 12.4 Å². The largest absolute Gasteiger partial charge is 0.352 e. The quantitative estimate of drug-likeness (QED) is 0.367. The van der Waals surface area contributed by atoms with Crippen molar-refractivity contribution >= 4 is 55.8 Å². The first-order chi connectivity index (χ1) is 10.8. The summed E-state index contributed by atoms with van der Waals surface area (Å²) >= 11 is 5.04. The minimum Gasteiger partial charge on any atom is -0.352 e. The zero-order valence-electron chi connectivity index (χ0n) is 12.1. The third-order valence-corrected chi connectivity index (χ3v) is 4.30. The molecule has 0 aliphatic heterocycles. The lowest BCUT2D eigenvalue weighted by Gasteiger charge is -2.16. The fraction of sp³-hybridized carbons (Fsp3) is 0.133. The van der Waals surface area contributed by atoms with Crippen LogP contribution in [0.2, 0.25) is 0 Å². The van der Waals surface area contributed by atoms with Crippen LogP contribution < -0.4 is 10.8 Å². The number of nitrogens with one attached hydrogen (secondary N) is 2. The second-order valence-corrected chi connectivity index (χ2v) is 6.73. The molecule has 0 unspecified atom stereocenters. The third kappa shape index (κ3) is 3.99. The standard InChI is InChI=1S/C15H12BrF2IN2O2/c1-7-5-8(19)3-4-11(7)20-14-9(15(22)21-23-2)6-10(16)12(17)13(14)18/h3-6,20H,1-2H3,(H,21,22). The van der Waals surface area contributed by atoms with Crippen molar-refractivity contribution in [1.82, 2.24) is 5.48 Å². The number of carbonyl (C=O) groups is 1. The number of hydroxylamine groups is 1. The Morgan fingerprint density at radius 1 is 1.26 bits per heavy atom. The Bertz CT molecular complexity index is 772. The van der Waals surface area contributed by atoms with Gasteiger partial charge in [0, 0.05) is 9.26 Å². The Balaban J connectivity index is 2.55. The molecule has 2 aromatic rings. The molecular weight excluding hydrogens is 485 g/mol. The van der Waals surface area contributed by atoms with Crippen LogP contribution in [0.3, 0.4) is 0 Å². The summed E-state index contributed by atoms with van der Waals surface area (Å²) in [5.41, 5.74) is 3.15. The third-order valence-electron chi connectivity index (χ3n) is 3.05. The topological polar surface area (TPSA) is 50.4 Å². The molecule has 0 aliphatic rings. The van der Waals surface area contributed by atoms with E-state index in [1.807, 2.05) is 19.1 Å². The maximum atomic E-state index is 14.3. The molecule has 2 aromatic carbocycles. The average Bonchev–Trinajstić information content (AvgIpc) is 2.50. The number of halogens is 4. The lowest BCUT2D eigenvalue weighted by Crippen LogP contribution is -2.23. The molecule has 0 bridgehead atoms. The number of amides is 1. The molecule has 0 fully saturated rings. The van der Waals surface area contributed by atoms with Gasteiger partial charge >= 0.3 is 0 Å². The van der Waals surface area contributed by atoms with Gasteiger partial charge in [0.15, 0.2) is 11.6 Å². The van der Waals surface area contributed by atoms with Crippen LogP contribution in [0.5, 0.6) is 0 Å². The van der Waals surface area contributed by atoms with Gasteiger partial charge in [0.25, 0.3) is 5.91 Å². The molecule has 0 radical (unpaired) electrons. The predicted octanol–water partition coefficient (Wildman–Crippen LogP) is 4.68. The number of benzene rings is 2. The number of hydrogen-bond donors (Lipinski definition) is 2. The Hall–Kier alpha value is -1.26. The van der Waals surface area contributed by atoms with E-state index in [-0.39, 0.29) is 15.7 Å². The van der Waals surface area contributed by atoms with Gasteiger partial charge in [-0.15, -0.1) is 0 Å². The molecule has 4 nitrogen and oxygen atoms in total. The highest BCUT2D eigenvalue weighted by Gasteiger charge is 2.22. The molecular formula is C15H12BrF2IN2O2. The summed E-state index contributed by atoms with van der Waals surface area (Å²) in [5.74, 6) is -2.93. The Morgan fingerprint density at radius 2 is 1.96 bits per heavy atom. The summed E-state index contributed by atoms with van der Waals surface area (Å²) in [6.45, 7) is 1.83. The number of carbonyl (C=O) groups excluding carboxylic acids is 1. The van der Waals surface area contributed by atoms with E-state index in [1.165, 1.54) is 13.2 Å². The Morgan fingerprint density at radius 3 is 2.57 bits per heavy atom. The minimum atomic E-state index is -1.15. The molecule has 2 rings (SSSR count). The fourth-order valence-corrected chi connectivity index (χ4v) is 3.00. The maximum Gasteiger partial charge on any atom is 0.277 e. The molecule has 0 aliphatic carbocycles. The molecule has 0 saturated heterocycles. The van der Waals surface area contributed by atoms with Gasteiger partial charge < -0.3 is 5.32 Å². The van der Waals surface area contributed by atoms with Crippen LogP contribution in [0, 0.1) is 22.1 Å². The molecule has 0 atom stereocenters. The monoisotopic (exact) mass is 496 g/mol. The van der Waals surface area contributed by atoms with Crippen molar-refractivity contribution in [3.8, 4) is 0 Å². The molecule has 23 heavy (non-hydrogen) atoms. The van der Waals surface area contributed by atoms with E-state index < -0.39 is 17.5 Å². The van der Waals surface area contributed by atoms with Crippen molar-refractivity contribution in [3.63, 3.8) is 0 Å². The summed E-state index contributed by atoms with van der Waals surface area (Å²) < 4.78 is 29.0. The summed E-state index contributed by atoms with van der Waals surface area (Å²) in [6, 6.07) is 6.62. The van der Waals surface area contributed by atoms with Crippen LogP contribution in [0.1, 0.15) is 15.9 Å². The highest BCUT2D eigenvalue weighted by molar-refractivity contribution is 14.1. The molecule has 0 spiro atoms. The van der Waals surface area contributed by atoms with Gasteiger partial charge in [-0.3, -0.25) is 9.63 Å². The van der Waals surface area contributed by atoms with E-state index in [0.29, 0.717) is 5.69 Å². The number of anilines is 2. The number of hydrogen-bond acceptors (Lipinski definition) is 3. The number of rotatable bonds is 4. The van der Waals surface area contributed by atoms with Crippen LogP contribution in [0.15, 0.2) is 28.7 Å². The van der Waals surface area contributed by atoms with Gasteiger partial charge in [-0.2, -0.15) is 0 Å². The van der Waals surface area contributed by atoms with E-state index in [1.54, 1.807) is 6.07 Å². The van der Waals surface area contributed by atoms with Crippen molar-refractivity contribution in [1.29, 1.82) is 0 Å². The highest BCUT2D eigenvalue weighted by Crippen LogP contribution is 2.32. The molecule has 8 heteroatoms. The van der Waals surface area contributed by atoms with E-state index >= 15 is 0 Å².